The lowest BCUT2D eigenvalue weighted by Gasteiger charge is -2.20. The third-order valence-electron chi connectivity index (χ3n) is 2.57. The van der Waals surface area contributed by atoms with E-state index in [2.05, 4.69) is 0 Å². The van der Waals surface area contributed by atoms with E-state index in [4.69, 9.17) is 21.6 Å². The predicted octanol–water partition coefficient (Wildman–Crippen LogP) is 4.21. The fourth-order valence-electron chi connectivity index (χ4n) is 1.73. The number of ether oxygens (including phenoxy) is 1. The lowest BCUT2D eigenvalue weighted by molar-refractivity contribution is -0.154. The van der Waals surface area contributed by atoms with Crippen molar-refractivity contribution in [3.05, 3.63) is 34.6 Å². The fourth-order valence-corrected chi connectivity index (χ4v) is 1.99. The topological polar surface area (TPSA) is 50.1 Å². The second-order valence-electron chi connectivity index (χ2n) is 5.45. The minimum Gasteiger partial charge on any atom is -0.460 e. The van der Waals surface area contributed by atoms with Gasteiger partial charge in [0.25, 0.3) is 0 Å². The zero-order valence-corrected chi connectivity index (χ0v) is 12.5. The molecule has 1 unspecified atom stereocenters. The second kappa shape index (κ2) is 6.71. The van der Waals surface area contributed by atoms with Gasteiger partial charge in [0.1, 0.15) is 11.4 Å². The molecule has 0 aliphatic rings. The molecule has 1 aromatic carbocycles. The number of carbonyl (C=O) groups is 1. The van der Waals surface area contributed by atoms with Gasteiger partial charge in [-0.15, -0.1) is 0 Å². The second-order valence-corrected chi connectivity index (χ2v) is 5.83. The van der Waals surface area contributed by atoms with Crippen LogP contribution in [0.1, 0.15) is 45.1 Å². The van der Waals surface area contributed by atoms with E-state index in [1.54, 1.807) is 26.8 Å². The van der Waals surface area contributed by atoms with Gasteiger partial charge < -0.3 is 4.74 Å². The molecule has 0 saturated heterocycles. The molecule has 20 heavy (non-hydrogen) atoms. The first-order chi connectivity index (χ1) is 9.24. The van der Waals surface area contributed by atoms with Crippen molar-refractivity contribution in [3.8, 4) is 6.07 Å². The summed E-state index contributed by atoms with van der Waals surface area (Å²) in [6.07, 6.45) is 0.330. The highest BCUT2D eigenvalue weighted by atomic mass is 35.5. The first kappa shape index (κ1) is 16.5. The van der Waals surface area contributed by atoms with Crippen molar-refractivity contribution in [1.29, 1.82) is 5.26 Å². The summed E-state index contributed by atoms with van der Waals surface area (Å²) in [5, 5.41) is 9.09. The van der Waals surface area contributed by atoms with E-state index in [-0.39, 0.29) is 23.8 Å². The maximum Gasteiger partial charge on any atom is 0.306 e. The number of esters is 1. The number of halogens is 2. The van der Waals surface area contributed by atoms with Crippen LogP contribution < -0.4 is 0 Å². The molecule has 1 aromatic rings. The van der Waals surface area contributed by atoms with E-state index in [9.17, 15) is 9.18 Å². The number of benzene rings is 1. The van der Waals surface area contributed by atoms with Gasteiger partial charge in [-0.1, -0.05) is 23.7 Å². The number of nitrogens with zero attached hydrogens (tertiary/aromatic N) is 1. The minimum absolute atomic E-state index is 0.0664. The van der Waals surface area contributed by atoms with Gasteiger partial charge in [0.05, 0.1) is 17.0 Å². The third-order valence-corrected chi connectivity index (χ3v) is 2.97. The van der Waals surface area contributed by atoms with Crippen molar-refractivity contribution in [2.45, 2.75) is 45.1 Å². The van der Waals surface area contributed by atoms with E-state index in [0.29, 0.717) is 5.56 Å². The average Bonchev–Trinajstić information content (AvgIpc) is 2.32. The molecule has 0 amide bonds. The Labute approximate surface area is 123 Å². The summed E-state index contributed by atoms with van der Waals surface area (Å²) in [5.74, 6) is -1.59. The molecule has 0 aromatic heterocycles. The lowest BCUT2D eigenvalue weighted by atomic mass is 9.95. The summed E-state index contributed by atoms with van der Waals surface area (Å²) >= 11 is 5.85. The summed E-state index contributed by atoms with van der Waals surface area (Å²) < 4.78 is 18.5. The Balaban J connectivity index is 2.72. The Morgan fingerprint density at radius 3 is 2.70 bits per heavy atom. The largest absolute Gasteiger partial charge is 0.460 e. The first-order valence-corrected chi connectivity index (χ1v) is 6.68. The van der Waals surface area contributed by atoms with Crippen LogP contribution in [0.2, 0.25) is 5.02 Å². The first-order valence-electron chi connectivity index (χ1n) is 6.30. The minimum atomic E-state index is -0.634. The van der Waals surface area contributed by atoms with Crippen LogP contribution in [-0.2, 0) is 9.53 Å². The highest BCUT2D eigenvalue weighted by molar-refractivity contribution is 6.31. The standard InChI is InChI=1S/C15H17ClFNO2/c1-15(2,3)20-13(19)8-7-10(9-18)11-5-4-6-12(17)14(11)16/h4-6,10H,7-8H2,1-3H3. The Bertz CT molecular complexity index is 532. The fraction of sp³-hybridized carbons (Fsp3) is 0.467. The van der Waals surface area contributed by atoms with Crippen LogP contribution in [0.3, 0.4) is 0 Å². The highest BCUT2D eigenvalue weighted by Gasteiger charge is 2.20. The van der Waals surface area contributed by atoms with Crippen LogP contribution in [0, 0.1) is 17.1 Å². The summed E-state index contributed by atoms with van der Waals surface area (Å²) in [7, 11) is 0. The SMILES string of the molecule is CC(C)(C)OC(=O)CCC(C#N)c1cccc(F)c1Cl. The molecular weight excluding hydrogens is 281 g/mol. The van der Waals surface area contributed by atoms with Crippen molar-refractivity contribution in [3.63, 3.8) is 0 Å². The van der Waals surface area contributed by atoms with Gasteiger partial charge in [-0.25, -0.2) is 4.39 Å². The lowest BCUT2D eigenvalue weighted by Crippen LogP contribution is -2.24. The number of hydrogen-bond donors (Lipinski definition) is 0. The molecule has 0 aliphatic carbocycles. The van der Waals surface area contributed by atoms with E-state index in [1.807, 2.05) is 6.07 Å². The van der Waals surface area contributed by atoms with E-state index in [0.717, 1.165) is 0 Å². The molecule has 0 fully saturated rings. The smallest absolute Gasteiger partial charge is 0.306 e. The van der Waals surface area contributed by atoms with Crippen molar-refractivity contribution in [2.24, 2.45) is 0 Å². The molecule has 0 saturated carbocycles. The molecule has 0 spiro atoms. The van der Waals surface area contributed by atoms with Crippen LogP contribution in [0.25, 0.3) is 0 Å². The highest BCUT2D eigenvalue weighted by Crippen LogP contribution is 2.29. The van der Waals surface area contributed by atoms with E-state index < -0.39 is 17.3 Å². The summed E-state index contributed by atoms with van der Waals surface area (Å²) in [6, 6.07) is 6.36. The molecule has 0 radical (unpaired) electrons. The normalized spacial score (nSPS) is 12.6. The van der Waals surface area contributed by atoms with Crippen molar-refractivity contribution >= 4 is 17.6 Å². The summed E-state index contributed by atoms with van der Waals surface area (Å²) in [6.45, 7) is 5.32. The van der Waals surface area contributed by atoms with Crippen molar-refractivity contribution in [2.75, 3.05) is 0 Å². The van der Waals surface area contributed by atoms with Crippen LogP contribution >= 0.6 is 11.6 Å². The Hall–Kier alpha value is -1.60. The molecule has 0 bridgehead atoms. The van der Waals surface area contributed by atoms with Gasteiger partial charge >= 0.3 is 5.97 Å². The Morgan fingerprint density at radius 1 is 1.50 bits per heavy atom. The zero-order valence-electron chi connectivity index (χ0n) is 11.7. The van der Waals surface area contributed by atoms with Crippen LogP contribution in [-0.4, -0.2) is 11.6 Å². The van der Waals surface area contributed by atoms with Gasteiger partial charge in [0, 0.05) is 6.42 Å². The monoisotopic (exact) mass is 297 g/mol. The van der Waals surface area contributed by atoms with Gasteiger partial charge in [-0.3, -0.25) is 4.79 Å². The number of rotatable bonds is 4. The van der Waals surface area contributed by atoms with Crippen LogP contribution in [0.4, 0.5) is 4.39 Å². The average molecular weight is 298 g/mol. The number of carbonyl (C=O) groups excluding carboxylic acids is 1. The summed E-state index contributed by atoms with van der Waals surface area (Å²) in [5.41, 5.74) is -0.159. The predicted molar refractivity (Wildman–Crippen MR) is 74.8 cm³/mol. The van der Waals surface area contributed by atoms with Gasteiger partial charge in [-0.05, 0) is 38.8 Å². The molecule has 1 rings (SSSR count). The van der Waals surface area contributed by atoms with Crippen molar-refractivity contribution < 1.29 is 13.9 Å². The Morgan fingerprint density at radius 2 is 2.15 bits per heavy atom. The van der Waals surface area contributed by atoms with Crippen LogP contribution in [0.5, 0.6) is 0 Å². The van der Waals surface area contributed by atoms with Gasteiger partial charge in [0.2, 0.25) is 0 Å². The molecule has 108 valence electrons. The quantitative estimate of drug-likeness (QED) is 0.782. The third kappa shape index (κ3) is 4.82. The molecule has 1 atom stereocenters. The maximum absolute atomic E-state index is 13.4. The molecule has 0 aliphatic heterocycles. The van der Waals surface area contributed by atoms with Crippen LogP contribution in [0.15, 0.2) is 18.2 Å². The molecular formula is C15H17ClFNO2. The van der Waals surface area contributed by atoms with Gasteiger partial charge in [0.15, 0.2) is 0 Å². The molecule has 0 N–H and O–H groups in total. The number of hydrogen-bond acceptors (Lipinski definition) is 3. The molecule has 3 nitrogen and oxygen atoms in total. The molecule has 5 heteroatoms. The van der Waals surface area contributed by atoms with Gasteiger partial charge in [-0.2, -0.15) is 5.26 Å². The van der Waals surface area contributed by atoms with Crippen molar-refractivity contribution in [1.82, 2.24) is 0 Å². The zero-order chi connectivity index (χ0) is 15.3. The number of nitriles is 1. The van der Waals surface area contributed by atoms with E-state index in [1.165, 1.54) is 12.1 Å². The Kier molecular flexibility index (Phi) is 5.52. The summed E-state index contributed by atoms with van der Waals surface area (Å²) in [4.78, 5) is 11.6. The van der Waals surface area contributed by atoms with E-state index >= 15 is 0 Å². The molecule has 0 heterocycles. The maximum atomic E-state index is 13.4.